The van der Waals surface area contributed by atoms with Crippen LogP contribution in [0.1, 0.15) is 39.5 Å². The van der Waals surface area contributed by atoms with E-state index in [0.29, 0.717) is 19.8 Å². The van der Waals surface area contributed by atoms with Gasteiger partial charge in [-0.2, -0.15) is 0 Å². The molecule has 0 amide bonds. The molecule has 4 nitrogen and oxygen atoms in total. The minimum Gasteiger partial charge on any atom is -0.463 e. The fourth-order valence-electron chi connectivity index (χ4n) is 1.75. The first-order valence-electron chi connectivity index (χ1n) is 6.65. The lowest BCUT2D eigenvalue weighted by Gasteiger charge is -2.29. The summed E-state index contributed by atoms with van der Waals surface area (Å²) in [4.78, 5) is 10.8. The number of ether oxygens (including phenoxy) is 3. The quantitative estimate of drug-likeness (QED) is 0.188. The Balaban J connectivity index is 3.66. The highest BCUT2D eigenvalue weighted by Crippen LogP contribution is 2.18. The van der Waals surface area contributed by atoms with E-state index in [1.54, 1.807) is 0 Å². The Bertz CT molecular complexity index is 237. The van der Waals surface area contributed by atoms with Gasteiger partial charge >= 0.3 is 5.97 Å². The van der Waals surface area contributed by atoms with Crippen molar-refractivity contribution in [2.24, 2.45) is 0 Å². The predicted octanol–water partition coefficient (Wildman–Crippen LogP) is 1.37. The molecule has 0 radical (unpaired) electrons. The van der Waals surface area contributed by atoms with Crippen LogP contribution in [-0.4, -0.2) is 41.4 Å². The molecule has 5 heteroatoms. The Labute approximate surface area is 113 Å². The zero-order valence-electron chi connectivity index (χ0n) is 11.9. The molecule has 0 atom stereocenters. The number of rotatable bonds is 11. The number of esters is 1. The summed E-state index contributed by atoms with van der Waals surface area (Å²) >= 11 is 0. The van der Waals surface area contributed by atoms with Gasteiger partial charge in [0.25, 0.3) is 0 Å². The number of carbonyl (C=O) groups is 1. The van der Waals surface area contributed by atoms with Crippen molar-refractivity contribution < 1.29 is 19.0 Å². The van der Waals surface area contributed by atoms with E-state index < -0.39 is 0 Å². The van der Waals surface area contributed by atoms with Crippen molar-refractivity contribution in [3.05, 3.63) is 12.7 Å². The van der Waals surface area contributed by atoms with Crippen LogP contribution < -0.4 is 0 Å². The summed E-state index contributed by atoms with van der Waals surface area (Å²) in [6.45, 7) is 9.14. The van der Waals surface area contributed by atoms with Crippen molar-refractivity contribution in [2.75, 3.05) is 19.8 Å². The lowest BCUT2D eigenvalue weighted by Crippen LogP contribution is -2.36. The molecule has 0 aromatic carbocycles. The molecular weight excluding hydrogens is 248 g/mol. The Kier molecular flexibility index (Phi) is 9.91. The molecule has 0 unspecified atom stereocenters. The molecule has 0 saturated carbocycles. The third-order valence-corrected chi connectivity index (χ3v) is 3.66. The summed E-state index contributed by atoms with van der Waals surface area (Å²) in [5.41, 5.74) is -0.346. The number of hydrogen-bond donors (Lipinski definition) is 0. The van der Waals surface area contributed by atoms with Crippen LogP contribution in [0.3, 0.4) is 0 Å². The van der Waals surface area contributed by atoms with Gasteiger partial charge in [0, 0.05) is 19.3 Å². The van der Waals surface area contributed by atoms with Gasteiger partial charge < -0.3 is 14.2 Å². The summed E-state index contributed by atoms with van der Waals surface area (Å²) < 4.78 is 16.3. The average Bonchev–Trinajstić information content (AvgIpc) is 2.33. The topological polar surface area (TPSA) is 44.8 Å². The lowest BCUT2D eigenvalue weighted by molar-refractivity contribution is -0.177. The molecule has 0 aromatic rings. The maximum Gasteiger partial charge on any atom is 0.330 e. The summed E-state index contributed by atoms with van der Waals surface area (Å²) in [5, 5.41) is 0. The third kappa shape index (κ3) is 8.44. The molecule has 18 heavy (non-hydrogen) atoms. The first-order chi connectivity index (χ1) is 8.58. The lowest BCUT2D eigenvalue weighted by atomic mass is 10.2. The van der Waals surface area contributed by atoms with Crippen molar-refractivity contribution in [1.29, 1.82) is 0 Å². The molecule has 0 spiro atoms. The summed E-state index contributed by atoms with van der Waals surface area (Å²) in [7, 11) is 0.862. The molecule has 106 valence electrons. The second-order valence-electron chi connectivity index (χ2n) is 4.18. The van der Waals surface area contributed by atoms with Crippen molar-refractivity contribution >= 4 is 16.2 Å². The molecule has 0 N–H and O–H groups in total. The highest BCUT2D eigenvalue weighted by molar-refractivity contribution is 6.13. The van der Waals surface area contributed by atoms with Crippen LogP contribution >= 0.6 is 0 Å². The van der Waals surface area contributed by atoms with Gasteiger partial charge in [-0.1, -0.05) is 6.58 Å². The van der Waals surface area contributed by atoms with Gasteiger partial charge in [-0.25, -0.2) is 4.79 Å². The number of carbonyl (C=O) groups excluding carboxylic acids is 1. The highest BCUT2D eigenvalue weighted by Gasteiger charge is 2.23. The second-order valence-corrected chi connectivity index (χ2v) is 5.71. The normalized spacial score (nSPS) is 11.4. The molecule has 0 saturated heterocycles. The van der Waals surface area contributed by atoms with Gasteiger partial charge in [0.1, 0.15) is 5.41 Å². The molecule has 0 fully saturated rings. The maximum atomic E-state index is 10.8. The van der Waals surface area contributed by atoms with E-state index in [1.807, 2.05) is 13.8 Å². The first kappa shape index (κ1) is 17.3. The van der Waals surface area contributed by atoms with Crippen molar-refractivity contribution in [2.45, 2.75) is 44.9 Å². The Hall–Kier alpha value is -0.653. The zero-order valence-corrected chi connectivity index (χ0v) is 13.9. The minimum atomic E-state index is -0.351. The van der Waals surface area contributed by atoms with Crippen molar-refractivity contribution in [3.8, 4) is 0 Å². The van der Waals surface area contributed by atoms with Crippen LogP contribution in [0.2, 0.25) is 0 Å². The summed E-state index contributed by atoms with van der Waals surface area (Å²) in [5.74, 6) is -0.351. The zero-order chi connectivity index (χ0) is 13.9. The Morgan fingerprint density at radius 2 is 1.83 bits per heavy atom. The largest absolute Gasteiger partial charge is 0.463 e. The van der Waals surface area contributed by atoms with Gasteiger partial charge in [0.2, 0.25) is 0 Å². The van der Waals surface area contributed by atoms with Crippen LogP contribution in [0.25, 0.3) is 0 Å². The first-order valence-corrected chi connectivity index (χ1v) is 7.65. The SMILES string of the molecule is C=CC(=O)OCCCCCC([SiH3])(OCC)OCC. The van der Waals surface area contributed by atoms with E-state index in [9.17, 15) is 4.79 Å². The van der Waals surface area contributed by atoms with Crippen LogP contribution in [0.4, 0.5) is 0 Å². The Morgan fingerprint density at radius 3 is 2.33 bits per heavy atom. The molecular formula is C13H26O4Si. The molecule has 0 aromatic heterocycles. The van der Waals surface area contributed by atoms with Gasteiger partial charge in [0.05, 0.1) is 16.8 Å². The highest BCUT2D eigenvalue weighted by atomic mass is 28.1. The van der Waals surface area contributed by atoms with Gasteiger partial charge in [-0.3, -0.25) is 0 Å². The van der Waals surface area contributed by atoms with Crippen molar-refractivity contribution in [1.82, 2.24) is 0 Å². The van der Waals surface area contributed by atoms with E-state index in [2.05, 4.69) is 6.58 Å². The maximum absolute atomic E-state index is 10.8. The van der Waals surface area contributed by atoms with Crippen LogP contribution in [0, 0.1) is 0 Å². The van der Waals surface area contributed by atoms with Gasteiger partial charge in [-0.05, 0) is 39.5 Å². The molecule has 0 aliphatic heterocycles. The number of unbranched alkanes of at least 4 members (excludes halogenated alkanes) is 2. The molecule has 0 aliphatic rings. The number of hydrogen-bond acceptors (Lipinski definition) is 4. The van der Waals surface area contributed by atoms with Crippen molar-refractivity contribution in [3.63, 3.8) is 0 Å². The smallest absolute Gasteiger partial charge is 0.330 e. The van der Waals surface area contributed by atoms with Crippen LogP contribution in [0.5, 0.6) is 0 Å². The summed E-state index contributed by atoms with van der Waals surface area (Å²) in [6.07, 6.45) is 5.00. The average molecular weight is 274 g/mol. The minimum absolute atomic E-state index is 0.346. The fraction of sp³-hybridized carbons (Fsp3) is 0.769. The monoisotopic (exact) mass is 274 g/mol. The van der Waals surface area contributed by atoms with E-state index in [-0.39, 0.29) is 11.4 Å². The fourth-order valence-corrected chi connectivity index (χ4v) is 2.68. The van der Waals surface area contributed by atoms with Crippen LogP contribution in [0.15, 0.2) is 12.7 Å². The molecule has 0 bridgehead atoms. The van der Waals surface area contributed by atoms with E-state index in [4.69, 9.17) is 14.2 Å². The van der Waals surface area contributed by atoms with Gasteiger partial charge in [-0.15, -0.1) is 0 Å². The van der Waals surface area contributed by atoms with E-state index in [1.165, 1.54) is 6.08 Å². The van der Waals surface area contributed by atoms with Crippen LogP contribution in [-0.2, 0) is 19.0 Å². The Morgan fingerprint density at radius 1 is 1.22 bits per heavy atom. The van der Waals surface area contributed by atoms with Gasteiger partial charge in [0.15, 0.2) is 0 Å². The third-order valence-electron chi connectivity index (χ3n) is 2.59. The summed E-state index contributed by atoms with van der Waals surface area (Å²) in [6, 6.07) is 0. The second kappa shape index (κ2) is 10.3. The standard InChI is InChI=1S/C13H26O4Si/c1-4-12(14)15-11-9-7-8-10-13(18,16-5-2)17-6-3/h4H,1,5-11H2,2-3,18H3. The van der Waals surface area contributed by atoms with E-state index >= 15 is 0 Å². The molecule has 0 rings (SSSR count). The molecule has 0 aliphatic carbocycles. The predicted molar refractivity (Wildman–Crippen MR) is 75.5 cm³/mol. The van der Waals surface area contributed by atoms with E-state index in [0.717, 1.165) is 35.9 Å². The molecule has 0 heterocycles.